The Morgan fingerprint density at radius 3 is 2.35 bits per heavy atom. The number of halogens is 4. The van der Waals surface area contributed by atoms with Crippen LogP contribution in [0.5, 0.6) is 0 Å². The molecule has 0 aliphatic rings. The molecule has 0 saturated carbocycles. The van der Waals surface area contributed by atoms with E-state index in [1.165, 1.54) is 31.2 Å². The topological polar surface area (TPSA) is 46.2 Å². The molecule has 0 radical (unpaired) electrons. The zero-order valence-corrected chi connectivity index (χ0v) is 12.8. The van der Waals surface area contributed by atoms with Gasteiger partial charge in [-0.1, -0.05) is 24.3 Å². The summed E-state index contributed by atoms with van der Waals surface area (Å²) in [7, 11) is -4.36. The monoisotopic (exact) mass is 347 g/mol. The van der Waals surface area contributed by atoms with Crippen LogP contribution in [0.15, 0.2) is 47.4 Å². The van der Waals surface area contributed by atoms with E-state index in [0.29, 0.717) is 17.2 Å². The fourth-order valence-electron chi connectivity index (χ4n) is 2.01. The third-order valence-corrected chi connectivity index (χ3v) is 4.63. The minimum Gasteiger partial charge on any atom is -0.207 e. The van der Waals surface area contributed by atoms with Gasteiger partial charge in [-0.05, 0) is 36.2 Å². The number of nitrogens with one attached hydrogen (secondary N) is 1. The predicted octanol–water partition coefficient (Wildman–Crippen LogP) is 3.63. The van der Waals surface area contributed by atoms with Crippen molar-refractivity contribution in [1.29, 1.82) is 0 Å². The first-order valence-corrected chi connectivity index (χ1v) is 8.00. The van der Waals surface area contributed by atoms with Gasteiger partial charge in [0, 0.05) is 6.54 Å². The normalized spacial score (nSPS) is 12.4. The second-order valence-corrected chi connectivity index (χ2v) is 6.64. The summed E-state index contributed by atoms with van der Waals surface area (Å²) in [4.78, 5) is -0.841. The van der Waals surface area contributed by atoms with E-state index in [4.69, 9.17) is 0 Å². The van der Waals surface area contributed by atoms with Gasteiger partial charge in [-0.2, -0.15) is 13.2 Å². The molecule has 0 saturated heterocycles. The Morgan fingerprint density at radius 2 is 1.74 bits per heavy atom. The highest BCUT2D eigenvalue weighted by Gasteiger charge is 2.36. The van der Waals surface area contributed by atoms with Crippen LogP contribution in [-0.2, 0) is 22.7 Å². The van der Waals surface area contributed by atoms with Gasteiger partial charge in [-0.25, -0.2) is 17.5 Å². The van der Waals surface area contributed by atoms with Crippen LogP contribution in [-0.4, -0.2) is 8.42 Å². The lowest BCUT2D eigenvalue weighted by Gasteiger charge is -2.14. The molecule has 0 fully saturated rings. The Hall–Kier alpha value is -1.93. The molecule has 0 bridgehead atoms. The van der Waals surface area contributed by atoms with Crippen LogP contribution in [0.25, 0.3) is 0 Å². The molecular formula is C15H13F4NO2S. The summed E-state index contributed by atoms with van der Waals surface area (Å²) in [5.74, 6) is -0.445. The van der Waals surface area contributed by atoms with E-state index in [2.05, 4.69) is 4.72 Å². The van der Waals surface area contributed by atoms with Gasteiger partial charge < -0.3 is 0 Å². The molecule has 0 aliphatic heterocycles. The molecule has 0 aliphatic carbocycles. The number of alkyl halides is 3. The van der Waals surface area contributed by atoms with Gasteiger partial charge in [-0.3, -0.25) is 0 Å². The van der Waals surface area contributed by atoms with Crippen molar-refractivity contribution < 1.29 is 26.0 Å². The number of aryl methyl sites for hydroxylation is 1. The summed E-state index contributed by atoms with van der Waals surface area (Å²) in [5, 5.41) is 0. The molecular weight excluding hydrogens is 334 g/mol. The first kappa shape index (κ1) is 17.4. The average molecular weight is 347 g/mol. The highest BCUT2D eigenvalue weighted by Crippen LogP contribution is 2.33. The van der Waals surface area contributed by atoms with E-state index in [1.807, 2.05) is 0 Å². The Bertz CT molecular complexity index is 816. The largest absolute Gasteiger partial charge is 0.417 e. The molecule has 8 heteroatoms. The third kappa shape index (κ3) is 4.08. The molecule has 0 spiro atoms. The molecule has 0 amide bonds. The Labute approximate surface area is 131 Å². The smallest absolute Gasteiger partial charge is 0.207 e. The molecule has 0 aromatic heterocycles. The molecule has 23 heavy (non-hydrogen) atoms. The Balaban J connectivity index is 2.28. The molecule has 2 rings (SSSR count). The molecule has 2 aromatic carbocycles. The van der Waals surface area contributed by atoms with Crippen molar-refractivity contribution in [2.45, 2.75) is 24.5 Å². The van der Waals surface area contributed by atoms with Crippen LogP contribution in [0.3, 0.4) is 0 Å². The summed E-state index contributed by atoms with van der Waals surface area (Å²) in [5.41, 5.74) is -0.475. The fraction of sp³-hybridized carbons (Fsp3) is 0.200. The minimum atomic E-state index is -4.78. The second-order valence-electron chi connectivity index (χ2n) is 4.90. The van der Waals surface area contributed by atoms with Crippen LogP contribution < -0.4 is 4.72 Å². The van der Waals surface area contributed by atoms with E-state index >= 15 is 0 Å². The second kappa shape index (κ2) is 6.29. The lowest BCUT2D eigenvalue weighted by molar-refractivity contribution is -0.139. The maximum Gasteiger partial charge on any atom is 0.417 e. The van der Waals surface area contributed by atoms with E-state index in [-0.39, 0.29) is 6.54 Å². The summed E-state index contributed by atoms with van der Waals surface area (Å²) >= 11 is 0. The zero-order chi connectivity index (χ0) is 17.3. The van der Waals surface area contributed by atoms with E-state index < -0.39 is 32.5 Å². The van der Waals surface area contributed by atoms with Gasteiger partial charge in [0.15, 0.2) is 0 Å². The van der Waals surface area contributed by atoms with Crippen LogP contribution >= 0.6 is 0 Å². The number of benzene rings is 2. The third-order valence-electron chi connectivity index (χ3n) is 3.17. The van der Waals surface area contributed by atoms with Crippen LogP contribution in [0, 0.1) is 12.7 Å². The number of sulfonamides is 1. The van der Waals surface area contributed by atoms with Gasteiger partial charge in [-0.15, -0.1) is 0 Å². The lowest BCUT2D eigenvalue weighted by atomic mass is 10.1. The molecule has 0 unspecified atom stereocenters. The molecule has 0 atom stereocenters. The molecule has 2 aromatic rings. The van der Waals surface area contributed by atoms with Crippen molar-refractivity contribution in [2.24, 2.45) is 0 Å². The van der Waals surface area contributed by atoms with Gasteiger partial charge in [0.2, 0.25) is 10.0 Å². The van der Waals surface area contributed by atoms with Crippen LogP contribution in [0.2, 0.25) is 0 Å². The first-order chi connectivity index (χ1) is 10.6. The highest BCUT2D eigenvalue weighted by molar-refractivity contribution is 7.89. The van der Waals surface area contributed by atoms with Crippen molar-refractivity contribution in [1.82, 2.24) is 4.72 Å². The maximum absolute atomic E-state index is 13.2. The van der Waals surface area contributed by atoms with E-state index in [9.17, 15) is 26.0 Å². The van der Waals surface area contributed by atoms with Crippen molar-refractivity contribution in [2.75, 3.05) is 0 Å². The Morgan fingerprint density at radius 1 is 1.09 bits per heavy atom. The maximum atomic E-state index is 13.2. The summed E-state index contributed by atoms with van der Waals surface area (Å²) in [6.45, 7) is 1.27. The number of hydrogen-bond acceptors (Lipinski definition) is 2. The van der Waals surface area contributed by atoms with Crippen molar-refractivity contribution in [3.8, 4) is 0 Å². The summed E-state index contributed by atoms with van der Waals surface area (Å²) < 4.78 is 78.3. The zero-order valence-electron chi connectivity index (χ0n) is 12.0. The number of hydrogen-bond donors (Lipinski definition) is 1. The average Bonchev–Trinajstić information content (AvgIpc) is 2.48. The van der Waals surface area contributed by atoms with Gasteiger partial charge in [0.05, 0.1) is 10.5 Å². The number of rotatable bonds is 4. The molecule has 1 N–H and O–H groups in total. The quantitative estimate of drug-likeness (QED) is 0.859. The van der Waals surface area contributed by atoms with Crippen molar-refractivity contribution in [3.63, 3.8) is 0 Å². The first-order valence-electron chi connectivity index (χ1n) is 6.52. The van der Waals surface area contributed by atoms with Crippen molar-refractivity contribution in [3.05, 3.63) is 65.0 Å². The molecule has 0 heterocycles. The lowest BCUT2D eigenvalue weighted by Crippen LogP contribution is -2.26. The molecule has 124 valence electrons. The summed E-state index contributed by atoms with van der Waals surface area (Å²) in [6.07, 6.45) is -4.78. The van der Waals surface area contributed by atoms with Gasteiger partial charge >= 0.3 is 6.18 Å². The van der Waals surface area contributed by atoms with Gasteiger partial charge in [0.25, 0.3) is 0 Å². The van der Waals surface area contributed by atoms with Crippen molar-refractivity contribution >= 4 is 10.0 Å². The highest BCUT2D eigenvalue weighted by atomic mass is 32.2. The van der Waals surface area contributed by atoms with E-state index in [1.54, 1.807) is 0 Å². The fourth-order valence-corrected chi connectivity index (χ4v) is 3.25. The van der Waals surface area contributed by atoms with E-state index in [0.717, 1.165) is 12.1 Å². The van der Waals surface area contributed by atoms with Gasteiger partial charge in [0.1, 0.15) is 5.82 Å². The van der Waals surface area contributed by atoms with Crippen LogP contribution in [0.1, 0.15) is 16.7 Å². The minimum absolute atomic E-state index is 0.240. The predicted molar refractivity (Wildman–Crippen MR) is 76.6 cm³/mol. The standard InChI is InChI=1S/C15H13F4NO2S/c1-10-8-11(6-7-13(10)16)9-20-23(21,22)14-5-3-2-4-12(14)15(17,18)19/h2-8,20H,9H2,1H3. The summed E-state index contributed by atoms with van der Waals surface area (Å²) in [6, 6.07) is 7.88. The molecule has 3 nitrogen and oxygen atoms in total. The Kier molecular flexibility index (Phi) is 4.76. The van der Waals surface area contributed by atoms with Crippen LogP contribution in [0.4, 0.5) is 17.6 Å². The SMILES string of the molecule is Cc1cc(CNS(=O)(=O)c2ccccc2C(F)(F)F)ccc1F.